The molecule has 2 N–H and O–H groups in total. The second kappa shape index (κ2) is 12.8. The molecule has 2 unspecified atom stereocenters. The molecule has 0 amide bonds. The number of hydrogen-bond acceptors (Lipinski definition) is 5. The Kier molecular flexibility index (Phi) is 10.4. The number of benzene rings is 1. The number of carbonyl (C=O) groups excluding carboxylic acids is 1. The highest BCUT2D eigenvalue weighted by Crippen LogP contribution is 2.42. The van der Waals surface area contributed by atoms with Gasteiger partial charge in [0, 0.05) is 26.8 Å². The van der Waals surface area contributed by atoms with Crippen molar-refractivity contribution in [3.63, 3.8) is 0 Å². The average Bonchev–Trinajstić information content (AvgIpc) is 3.39. The first-order valence-corrected chi connectivity index (χ1v) is 13.5. The number of hydrogen-bond donors (Lipinski definition) is 2. The Hall–Kier alpha value is -0.820. The quantitative estimate of drug-likeness (QED) is 0.247. The molecule has 2 aromatic rings. The van der Waals surface area contributed by atoms with Gasteiger partial charge < -0.3 is 14.9 Å². The van der Waals surface area contributed by atoms with Gasteiger partial charge in [-0.2, -0.15) is 0 Å². The smallest absolute Gasteiger partial charge is 0.348 e. The van der Waals surface area contributed by atoms with Crippen LogP contribution < -0.4 is 0 Å². The lowest BCUT2D eigenvalue weighted by molar-refractivity contribution is 0.0309. The van der Waals surface area contributed by atoms with Crippen molar-refractivity contribution in [1.82, 2.24) is 0 Å². The molecule has 33 heavy (non-hydrogen) atoms. The monoisotopic (exact) mass is 532 g/mol. The van der Waals surface area contributed by atoms with E-state index < -0.39 is 11.9 Å². The van der Waals surface area contributed by atoms with Crippen LogP contribution in [-0.4, -0.2) is 41.4 Å². The number of carbonyl (C=O) groups is 1. The second-order valence-corrected chi connectivity index (χ2v) is 11.4. The van der Waals surface area contributed by atoms with Crippen molar-refractivity contribution >= 4 is 52.1 Å². The predicted octanol–water partition coefficient (Wildman–Crippen LogP) is 6.77. The van der Waals surface area contributed by atoms with Gasteiger partial charge in [-0.25, -0.2) is 4.79 Å². The highest BCUT2D eigenvalue weighted by molar-refractivity contribution is 7.14. The fraction of sp³-hybridized carbons (Fsp3) is 0.560. The molecule has 1 aliphatic rings. The zero-order valence-electron chi connectivity index (χ0n) is 18.8. The van der Waals surface area contributed by atoms with E-state index in [9.17, 15) is 15.0 Å². The molecule has 1 aromatic carbocycles. The molecule has 1 aliphatic carbocycles. The minimum absolute atomic E-state index is 0.0297. The number of aliphatic hydroxyl groups is 2. The van der Waals surface area contributed by atoms with Crippen LogP contribution in [0.1, 0.15) is 59.1 Å². The third-order valence-corrected chi connectivity index (χ3v) is 8.25. The van der Waals surface area contributed by atoms with E-state index in [1.807, 2.05) is 12.1 Å². The number of alkyl halides is 1. The Bertz CT molecular complexity index is 942. The Morgan fingerprint density at radius 2 is 1.94 bits per heavy atom. The van der Waals surface area contributed by atoms with Crippen LogP contribution in [0.3, 0.4) is 0 Å². The van der Waals surface area contributed by atoms with E-state index in [1.54, 1.807) is 6.07 Å². The molecule has 0 saturated heterocycles. The highest BCUT2D eigenvalue weighted by Gasteiger charge is 2.25. The standard InChI is InChI=1S/C25H31Cl3O4S/c1-2-3-22-20(11-23(33-22)25(31)32-14-16(12-29)13-30)24-17(9-19(27)10-21(24)28)6-4-15-5-7-18(26)8-15/h9-11,15-16,18,29-30H,2-8,12-14H2,1H3. The van der Waals surface area contributed by atoms with Crippen LogP contribution in [0.4, 0.5) is 0 Å². The normalized spacial score (nSPS) is 18.3. The maximum absolute atomic E-state index is 12.7. The lowest BCUT2D eigenvalue weighted by Crippen LogP contribution is -2.20. The maximum atomic E-state index is 12.7. The first-order chi connectivity index (χ1) is 15.9. The van der Waals surface area contributed by atoms with Crippen LogP contribution in [-0.2, 0) is 17.6 Å². The van der Waals surface area contributed by atoms with Gasteiger partial charge in [-0.05, 0) is 73.8 Å². The van der Waals surface area contributed by atoms with Crippen LogP contribution in [0.5, 0.6) is 0 Å². The average molecular weight is 534 g/mol. The van der Waals surface area contributed by atoms with Gasteiger partial charge in [0.25, 0.3) is 0 Å². The minimum Gasteiger partial charge on any atom is -0.461 e. The molecule has 2 atom stereocenters. The lowest BCUT2D eigenvalue weighted by atomic mass is 9.92. The van der Waals surface area contributed by atoms with Crippen molar-refractivity contribution < 1.29 is 19.7 Å². The predicted molar refractivity (Wildman–Crippen MR) is 137 cm³/mol. The molecule has 1 heterocycles. The van der Waals surface area contributed by atoms with Crippen molar-refractivity contribution in [2.75, 3.05) is 19.8 Å². The van der Waals surface area contributed by atoms with Gasteiger partial charge in [-0.1, -0.05) is 36.5 Å². The van der Waals surface area contributed by atoms with Gasteiger partial charge in [-0.3, -0.25) is 0 Å². The summed E-state index contributed by atoms with van der Waals surface area (Å²) in [5, 5.41) is 19.9. The molecular formula is C25H31Cl3O4S. The molecule has 0 bridgehead atoms. The van der Waals surface area contributed by atoms with Crippen molar-refractivity contribution in [3.8, 4) is 11.1 Å². The molecule has 1 aromatic heterocycles. The summed E-state index contributed by atoms with van der Waals surface area (Å²) in [6.45, 7) is 1.59. The summed E-state index contributed by atoms with van der Waals surface area (Å²) >= 11 is 20.8. The van der Waals surface area contributed by atoms with E-state index in [2.05, 4.69) is 6.92 Å². The first kappa shape index (κ1) is 26.8. The van der Waals surface area contributed by atoms with Crippen molar-refractivity contribution in [2.24, 2.45) is 11.8 Å². The van der Waals surface area contributed by atoms with E-state index in [4.69, 9.17) is 39.5 Å². The Labute approximate surface area is 214 Å². The zero-order valence-corrected chi connectivity index (χ0v) is 21.9. The lowest BCUT2D eigenvalue weighted by Gasteiger charge is -2.15. The molecule has 3 rings (SSSR count). The molecule has 0 spiro atoms. The van der Waals surface area contributed by atoms with Crippen LogP contribution in [0.15, 0.2) is 18.2 Å². The maximum Gasteiger partial charge on any atom is 0.348 e. The summed E-state index contributed by atoms with van der Waals surface area (Å²) in [6.07, 6.45) is 6.88. The summed E-state index contributed by atoms with van der Waals surface area (Å²) in [5.41, 5.74) is 2.97. The largest absolute Gasteiger partial charge is 0.461 e. The van der Waals surface area contributed by atoms with Gasteiger partial charge >= 0.3 is 5.97 Å². The fourth-order valence-electron chi connectivity index (χ4n) is 4.34. The molecule has 1 saturated carbocycles. The van der Waals surface area contributed by atoms with Crippen LogP contribution >= 0.6 is 46.1 Å². The van der Waals surface area contributed by atoms with Crippen molar-refractivity contribution in [2.45, 2.75) is 57.2 Å². The van der Waals surface area contributed by atoms with Gasteiger partial charge in [0.05, 0.1) is 24.8 Å². The minimum atomic E-state index is -0.482. The number of aryl methyl sites for hydroxylation is 2. The Morgan fingerprint density at radius 3 is 2.58 bits per heavy atom. The van der Waals surface area contributed by atoms with Crippen molar-refractivity contribution in [3.05, 3.63) is 43.6 Å². The number of esters is 1. The molecule has 8 heteroatoms. The molecule has 182 valence electrons. The van der Waals surface area contributed by atoms with E-state index in [1.165, 1.54) is 11.3 Å². The van der Waals surface area contributed by atoms with Gasteiger partial charge in [0.15, 0.2) is 0 Å². The van der Waals surface area contributed by atoms with E-state index in [0.29, 0.717) is 20.8 Å². The first-order valence-electron chi connectivity index (χ1n) is 11.5. The second-order valence-electron chi connectivity index (χ2n) is 8.76. The van der Waals surface area contributed by atoms with Gasteiger partial charge in [0.1, 0.15) is 4.88 Å². The number of aliphatic hydroxyl groups excluding tert-OH is 2. The fourth-order valence-corrected chi connectivity index (χ4v) is 6.52. The zero-order chi connectivity index (χ0) is 24.0. The summed E-state index contributed by atoms with van der Waals surface area (Å²) in [4.78, 5) is 14.3. The molecule has 0 radical (unpaired) electrons. The third kappa shape index (κ3) is 7.09. The number of ether oxygens (including phenoxy) is 1. The van der Waals surface area contributed by atoms with Gasteiger partial charge in [0.2, 0.25) is 0 Å². The van der Waals surface area contributed by atoms with Gasteiger partial charge in [-0.15, -0.1) is 22.9 Å². The molecule has 4 nitrogen and oxygen atoms in total. The summed E-state index contributed by atoms with van der Waals surface area (Å²) < 4.78 is 5.34. The highest BCUT2D eigenvalue weighted by atomic mass is 35.5. The summed E-state index contributed by atoms with van der Waals surface area (Å²) in [5.74, 6) is -0.336. The van der Waals surface area contributed by atoms with Crippen LogP contribution in [0, 0.1) is 11.8 Å². The van der Waals surface area contributed by atoms with Crippen LogP contribution in [0.25, 0.3) is 11.1 Å². The number of thiophene rings is 1. The van der Waals surface area contributed by atoms with Crippen LogP contribution in [0.2, 0.25) is 10.0 Å². The molecule has 0 aliphatic heterocycles. The number of rotatable bonds is 11. The Morgan fingerprint density at radius 1 is 1.18 bits per heavy atom. The summed E-state index contributed by atoms with van der Waals surface area (Å²) in [6, 6.07) is 5.59. The topological polar surface area (TPSA) is 66.8 Å². The SMILES string of the molecule is CCCc1sc(C(=O)OCC(CO)CO)cc1-c1c(Cl)cc(Cl)cc1CCC1CCC(Cl)C1. The molecular weight excluding hydrogens is 503 g/mol. The van der Waals surface area contributed by atoms with E-state index >= 15 is 0 Å². The Balaban J connectivity index is 1.89. The third-order valence-electron chi connectivity index (χ3n) is 6.16. The van der Waals surface area contributed by atoms with Crippen molar-refractivity contribution in [1.29, 1.82) is 0 Å². The molecule has 1 fully saturated rings. The van der Waals surface area contributed by atoms with E-state index in [0.717, 1.165) is 66.5 Å². The summed E-state index contributed by atoms with van der Waals surface area (Å²) in [7, 11) is 0. The number of halogens is 3. The van der Waals surface area contributed by atoms with E-state index in [-0.39, 0.29) is 25.2 Å².